The Balaban J connectivity index is 1.88. The van der Waals surface area contributed by atoms with Crippen LogP contribution in [-0.4, -0.2) is 4.98 Å². The summed E-state index contributed by atoms with van der Waals surface area (Å²) in [6.07, 6.45) is 0. The Kier molecular flexibility index (Phi) is 6.52. The van der Waals surface area contributed by atoms with Crippen LogP contribution >= 0.6 is 30.6 Å². The van der Waals surface area contributed by atoms with Crippen molar-refractivity contribution in [1.82, 2.24) is 4.98 Å². The van der Waals surface area contributed by atoms with E-state index in [1.165, 1.54) is 0 Å². The molecule has 0 unspecified atom stereocenters. The number of nitrogens with zero attached hydrogens (tertiary/aromatic N) is 2. The maximum atomic E-state index is 9.66. The van der Waals surface area contributed by atoms with E-state index in [0.717, 1.165) is 38.7 Å². The molecule has 5 rings (SSSR count). The Bertz CT molecular complexity index is 1340. The average Bonchev–Trinajstić information content (AvgIpc) is 3.31. The molecule has 1 heterocycles. The first kappa shape index (κ1) is 22.4. The highest BCUT2D eigenvalue weighted by Crippen LogP contribution is 2.56. The highest BCUT2D eigenvalue weighted by Gasteiger charge is 2.53. The molecule has 0 aliphatic rings. The third-order valence-electron chi connectivity index (χ3n) is 5.56. The van der Waals surface area contributed by atoms with Gasteiger partial charge in [0.05, 0.1) is 0 Å². The maximum Gasteiger partial charge on any atom is 0.252 e. The van der Waals surface area contributed by atoms with E-state index in [0.29, 0.717) is 16.0 Å². The summed E-state index contributed by atoms with van der Waals surface area (Å²) in [5.41, 5.74) is 1.59. The first-order valence-corrected chi connectivity index (χ1v) is 13.6. The minimum Gasteiger partial charge on any atom is -0.424 e. The van der Waals surface area contributed by atoms with Crippen LogP contribution in [0.2, 0.25) is 5.02 Å². The standard InChI is InChI=1S/C28H19ClN2OPS/c29-22-18-16-21(17-19-22)26-31-27(28(32-26)34-20-30)33(23-10-4-1-5-11-23,24-12-6-2-7-13-24)25-14-8-3-9-15-25/h1-19H/q+1. The Morgan fingerprint density at radius 3 is 1.62 bits per heavy atom. The molecule has 0 saturated carbocycles. The van der Waals surface area contributed by atoms with Gasteiger partial charge in [-0.25, -0.2) is 0 Å². The number of rotatable bonds is 6. The van der Waals surface area contributed by atoms with E-state index in [1.54, 1.807) is 0 Å². The number of halogens is 1. The predicted molar refractivity (Wildman–Crippen MR) is 143 cm³/mol. The second-order valence-corrected chi connectivity index (χ2v) is 12.0. The molecular weight excluding hydrogens is 479 g/mol. The van der Waals surface area contributed by atoms with E-state index in [-0.39, 0.29) is 0 Å². The summed E-state index contributed by atoms with van der Waals surface area (Å²) in [7, 11) is -2.48. The molecule has 5 aromatic rings. The van der Waals surface area contributed by atoms with Crippen LogP contribution < -0.4 is 21.3 Å². The van der Waals surface area contributed by atoms with Crippen molar-refractivity contribution in [2.45, 2.75) is 5.09 Å². The van der Waals surface area contributed by atoms with Crippen molar-refractivity contribution in [2.24, 2.45) is 0 Å². The van der Waals surface area contributed by atoms with Crippen molar-refractivity contribution in [1.29, 1.82) is 5.26 Å². The molecule has 3 nitrogen and oxygen atoms in total. The van der Waals surface area contributed by atoms with Gasteiger partial charge >= 0.3 is 0 Å². The van der Waals surface area contributed by atoms with Crippen molar-refractivity contribution in [3.05, 3.63) is 120 Å². The lowest BCUT2D eigenvalue weighted by Crippen LogP contribution is -2.39. The Morgan fingerprint density at radius 2 is 1.18 bits per heavy atom. The molecule has 164 valence electrons. The van der Waals surface area contributed by atoms with Crippen LogP contribution in [0.3, 0.4) is 0 Å². The third-order valence-corrected chi connectivity index (χ3v) is 10.7. The highest BCUT2D eigenvalue weighted by atomic mass is 35.5. The number of thiocyanates is 1. The van der Waals surface area contributed by atoms with Gasteiger partial charge in [0.2, 0.25) is 11.0 Å². The largest absolute Gasteiger partial charge is 0.424 e. The van der Waals surface area contributed by atoms with E-state index in [1.807, 2.05) is 78.9 Å². The maximum absolute atomic E-state index is 9.66. The molecule has 0 fully saturated rings. The molecule has 0 aliphatic carbocycles. The summed E-state index contributed by atoms with van der Waals surface area (Å²) in [4.78, 5) is 5.10. The minimum absolute atomic E-state index is 0.469. The summed E-state index contributed by atoms with van der Waals surface area (Å²) in [5.74, 6) is 0.469. The molecule has 0 amide bonds. The lowest BCUT2D eigenvalue weighted by atomic mass is 10.2. The fourth-order valence-corrected chi connectivity index (χ4v) is 9.16. The minimum atomic E-state index is -2.48. The second kappa shape index (κ2) is 9.87. The van der Waals surface area contributed by atoms with Gasteiger partial charge in [-0.3, -0.25) is 0 Å². The number of nitriles is 1. The first-order chi connectivity index (χ1) is 16.7. The molecule has 4 aromatic carbocycles. The van der Waals surface area contributed by atoms with E-state index in [9.17, 15) is 5.26 Å². The Labute approximate surface area is 208 Å². The molecule has 6 heteroatoms. The molecular formula is C28H19ClN2OPS+. The van der Waals surface area contributed by atoms with Gasteiger partial charge in [-0.05, 0) is 60.7 Å². The van der Waals surface area contributed by atoms with Crippen molar-refractivity contribution in [2.75, 3.05) is 0 Å². The Hall–Kier alpha value is -3.35. The fraction of sp³-hybridized carbons (Fsp3) is 0. The van der Waals surface area contributed by atoms with Gasteiger partial charge in [0.1, 0.15) is 21.3 Å². The highest BCUT2D eigenvalue weighted by molar-refractivity contribution is 8.06. The van der Waals surface area contributed by atoms with Crippen molar-refractivity contribution in [3.63, 3.8) is 0 Å². The zero-order chi connectivity index (χ0) is 23.4. The average molecular weight is 498 g/mol. The lowest BCUT2D eigenvalue weighted by molar-refractivity contribution is 0.488. The Morgan fingerprint density at radius 1 is 0.706 bits per heavy atom. The van der Waals surface area contributed by atoms with Gasteiger partial charge in [0.15, 0.2) is 7.26 Å². The second-order valence-electron chi connectivity index (χ2n) is 7.51. The fourth-order valence-electron chi connectivity index (χ4n) is 4.10. The molecule has 0 bridgehead atoms. The molecule has 34 heavy (non-hydrogen) atoms. The summed E-state index contributed by atoms with van der Waals surface area (Å²) in [6.45, 7) is 0. The van der Waals surface area contributed by atoms with Crippen molar-refractivity contribution in [3.8, 4) is 16.9 Å². The smallest absolute Gasteiger partial charge is 0.252 e. The van der Waals surface area contributed by atoms with Gasteiger partial charge in [-0.15, -0.1) is 0 Å². The van der Waals surface area contributed by atoms with Crippen LogP contribution in [0.5, 0.6) is 0 Å². The predicted octanol–water partition coefficient (Wildman–Crippen LogP) is 6.19. The molecule has 0 spiro atoms. The molecule has 1 aromatic heterocycles. The van der Waals surface area contributed by atoms with Crippen LogP contribution in [0.25, 0.3) is 11.5 Å². The monoisotopic (exact) mass is 497 g/mol. The first-order valence-electron chi connectivity index (χ1n) is 10.6. The zero-order valence-corrected chi connectivity index (χ0v) is 20.5. The van der Waals surface area contributed by atoms with E-state index < -0.39 is 7.26 Å². The van der Waals surface area contributed by atoms with Crippen LogP contribution in [0.1, 0.15) is 0 Å². The van der Waals surface area contributed by atoms with Crippen LogP contribution in [-0.2, 0) is 0 Å². The number of thioether (sulfide) groups is 1. The number of benzene rings is 4. The number of hydrogen-bond donors (Lipinski definition) is 0. The summed E-state index contributed by atoms with van der Waals surface area (Å²) < 4.78 is 6.27. The molecule has 0 N–H and O–H groups in total. The summed E-state index contributed by atoms with van der Waals surface area (Å²) >= 11 is 7.11. The normalized spacial score (nSPS) is 11.2. The van der Waals surface area contributed by atoms with E-state index in [4.69, 9.17) is 21.0 Å². The van der Waals surface area contributed by atoms with Gasteiger partial charge in [-0.2, -0.15) is 10.2 Å². The van der Waals surface area contributed by atoms with Gasteiger partial charge in [-0.1, -0.05) is 66.2 Å². The van der Waals surface area contributed by atoms with E-state index in [2.05, 4.69) is 41.8 Å². The third kappa shape index (κ3) is 4.04. The van der Waals surface area contributed by atoms with Crippen molar-refractivity contribution >= 4 is 52.0 Å². The van der Waals surface area contributed by atoms with Gasteiger partial charge in [0, 0.05) is 22.3 Å². The lowest BCUT2D eigenvalue weighted by Gasteiger charge is -2.25. The molecule has 0 saturated heterocycles. The summed E-state index contributed by atoms with van der Waals surface area (Å²) in [5, 5.41) is 16.4. The number of aromatic nitrogens is 1. The quantitative estimate of drug-likeness (QED) is 0.159. The summed E-state index contributed by atoms with van der Waals surface area (Å²) in [6, 6.07) is 38.6. The molecule has 0 atom stereocenters. The number of hydrogen-bond acceptors (Lipinski definition) is 4. The number of oxazole rings is 1. The van der Waals surface area contributed by atoms with Crippen molar-refractivity contribution < 1.29 is 4.42 Å². The van der Waals surface area contributed by atoms with Crippen LogP contribution in [0.15, 0.2) is 125 Å². The molecule has 0 radical (unpaired) electrons. The SMILES string of the molecule is N#CSc1oc(-c2ccc(Cl)cc2)nc1[P+](c1ccccc1)(c1ccccc1)c1ccccc1. The van der Waals surface area contributed by atoms with E-state index >= 15 is 0 Å². The van der Waals surface area contributed by atoms with Gasteiger partial charge in [0.25, 0.3) is 5.44 Å². The zero-order valence-electron chi connectivity index (χ0n) is 18.0. The van der Waals surface area contributed by atoms with Crippen LogP contribution in [0.4, 0.5) is 0 Å². The van der Waals surface area contributed by atoms with Gasteiger partial charge < -0.3 is 4.42 Å². The van der Waals surface area contributed by atoms with Crippen LogP contribution in [0, 0.1) is 10.7 Å². The molecule has 0 aliphatic heterocycles. The topological polar surface area (TPSA) is 49.8 Å².